The summed E-state index contributed by atoms with van der Waals surface area (Å²) in [4.78, 5) is 0. The Kier molecular flexibility index (Phi) is 11.0. The molecule has 0 aliphatic carbocycles. The molecule has 21 heavy (non-hydrogen) atoms. The number of rotatable bonds is 13. The fourth-order valence-electron chi connectivity index (χ4n) is 2.22. The zero-order chi connectivity index (χ0) is 15.2. The van der Waals surface area contributed by atoms with Gasteiger partial charge >= 0.3 is 0 Å². The molecule has 0 atom stereocenters. The van der Waals surface area contributed by atoms with Crippen molar-refractivity contribution in [3.05, 3.63) is 35.4 Å². The molecule has 0 aliphatic rings. The number of nitrogens with one attached hydrogen (secondary N) is 2. The van der Waals surface area contributed by atoms with Gasteiger partial charge in [0, 0.05) is 13.1 Å². The van der Waals surface area contributed by atoms with Crippen molar-refractivity contribution >= 4 is 0 Å². The summed E-state index contributed by atoms with van der Waals surface area (Å²) >= 11 is 0. The average Bonchev–Trinajstić information content (AvgIpc) is 2.52. The number of benzene rings is 1. The normalized spacial score (nSPS) is 11.0. The number of unbranched alkanes of at least 4 members (excludes halogenated alkanes) is 3. The van der Waals surface area contributed by atoms with E-state index in [9.17, 15) is 0 Å². The number of hydrogen-bond donors (Lipinski definition) is 4. The molecule has 1 rings (SSSR count). The van der Waals surface area contributed by atoms with E-state index in [1.165, 1.54) is 30.4 Å². The monoisotopic (exact) mass is 292 g/mol. The molecule has 0 amide bonds. The van der Waals surface area contributed by atoms with Gasteiger partial charge in [-0.2, -0.15) is 0 Å². The van der Waals surface area contributed by atoms with Crippen LogP contribution in [-0.2, 0) is 13.1 Å². The van der Waals surface area contributed by atoms with E-state index >= 15 is 0 Å². The smallest absolute Gasteiger partial charge is 0.0205 e. The molecule has 1 aromatic carbocycles. The van der Waals surface area contributed by atoms with Gasteiger partial charge in [0.05, 0.1) is 0 Å². The summed E-state index contributed by atoms with van der Waals surface area (Å²) in [6, 6.07) is 8.82. The van der Waals surface area contributed by atoms with Gasteiger partial charge in [-0.15, -0.1) is 0 Å². The minimum absolute atomic E-state index is 0.754. The maximum absolute atomic E-state index is 5.48. The summed E-state index contributed by atoms with van der Waals surface area (Å²) in [5.74, 6) is 0. The third-order valence-electron chi connectivity index (χ3n) is 3.55. The summed E-state index contributed by atoms with van der Waals surface area (Å²) in [6.07, 6.45) is 5.96. The lowest BCUT2D eigenvalue weighted by molar-refractivity contribution is 0.590. The largest absolute Gasteiger partial charge is 0.330 e. The highest BCUT2D eigenvalue weighted by Gasteiger charge is 1.95. The van der Waals surface area contributed by atoms with E-state index in [-0.39, 0.29) is 0 Å². The van der Waals surface area contributed by atoms with E-state index in [2.05, 4.69) is 34.9 Å². The Morgan fingerprint density at radius 2 is 1.10 bits per heavy atom. The molecule has 0 aliphatic heterocycles. The topological polar surface area (TPSA) is 76.1 Å². The number of hydrogen-bond acceptors (Lipinski definition) is 4. The molecule has 0 spiro atoms. The van der Waals surface area contributed by atoms with Crippen molar-refractivity contribution < 1.29 is 0 Å². The van der Waals surface area contributed by atoms with Crippen LogP contribution in [0.2, 0.25) is 0 Å². The lowest BCUT2D eigenvalue weighted by Gasteiger charge is -2.07. The van der Waals surface area contributed by atoms with Crippen molar-refractivity contribution in [2.75, 3.05) is 26.2 Å². The van der Waals surface area contributed by atoms with Crippen LogP contribution in [0.1, 0.15) is 43.2 Å². The van der Waals surface area contributed by atoms with Crippen molar-refractivity contribution in [3.63, 3.8) is 0 Å². The second-order valence-corrected chi connectivity index (χ2v) is 5.52. The fraction of sp³-hybridized carbons (Fsp3) is 0.647. The minimum atomic E-state index is 0.754. The Hall–Kier alpha value is -0.940. The molecule has 120 valence electrons. The third kappa shape index (κ3) is 9.58. The zero-order valence-electron chi connectivity index (χ0n) is 13.2. The lowest BCUT2D eigenvalue weighted by Crippen LogP contribution is -2.18. The summed E-state index contributed by atoms with van der Waals surface area (Å²) in [5.41, 5.74) is 13.6. The predicted octanol–water partition coefficient (Wildman–Crippen LogP) is 1.73. The first-order chi connectivity index (χ1) is 10.4. The first-order valence-electron chi connectivity index (χ1n) is 8.26. The van der Waals surface area contributed by atoms with Crippen LogP contribution in [-0.4, -0.2) is 26.2 Å². The van der Waals surface area contributed by atoms with E-state index in [0.717, 1.165) is 52.1 Å². The molecule has 0 unspecified atom stereocenters. The Labute approximate surface area is 129 Å². The Bertz CT molecular complexity index is 337. The van der Waals surface area contributed by atoms with E-state index in [1.54, 1.807) is 0 Å². The Morgan fingerprint density at radius 3 is 1.62 bits per heavy atom. The van der Waals surface area contributed by atoms with E-state index < -0.39 is 0 Å². The Balaban J connectivity index is 2.07. The molecule has 0 fully saturated rings. The summed E-state index contributed by atoms with van der Waals surface area (Å²) in [5, 5.41) is 6.89. The van der Waals surface area contributed by atoms with Crippen molar-refractivity contribution in [1.29, 1.82) is 0 Å². The highest BCUT2D eigenvalue weighted by atomic mass is 14.9. The van der Waals surface area contributed by atoms with E-state index in [1.807, 2.05) is 0 Å². The van der Waals surface area contributed by atoms with Gasteiger partial charge in [0.25, 0.3) is 0 Å². The highest BCUT2D eigenvalue weighted by Crippen LogP contribution is 2.04. The van der Waals surface area contributed by atoms with E-state index in [4.69, 9.17) is 11.5 Å². The van der Waals surface area contributed by atoms with Gasteiger partial charge in [-0.1, -0.05) is 37.1 Å². The van der Waals surface area contributed by atoms with Crippen LogP contribution < -0.4 is 22.1 Å². The van der Waals surface area contributed by atoms with Crippen molar-refractivity contribution in [2.45, 2.75) is 45.2 Å². The van der Waals surface area contributed by atoms with Crippen LogP contribution >= 0.6 is 0 Å². The zero-order valence-corrected chi connectivity index (χ0v) is 13.2. The molecule has 1 aromatic rings. The molecular formula is C17H32N4. The van der Waals surface area contributed by atoms with Gasteiger partial charge in [-0.3, -0.25) is 0 Å². The molecule has 0 aromatic heterocycles. The predicted molar refractivity (Wildman–Crippen MR) is 91.0 cm³/mol. The standard InChI is InChI=1S/C17H32N4/c18-10-3-1-2-4-12-20-14-16-6-8-17(9-7-16)15-21-13-5-11-19/h6-9,20-21H,1-5,10-15,18-19H2. The SMILES string of the molecule is NCCCCCCNCc1ccc(CNCCCN)cc1. The van der Waals surface area contributed by atoms with Crippen LogP contribution in [0.25, 0.3) is 0 Å². The third-order valence-corrected chi connectivity index (χ3v) is 3.55. The molecular weight excluding hydrogens is 260 g/mol. The molecule has 4 heteroatoms. The molecule has 0 radical (unpaired) electrons. The molecule has 0 saturated heterocycles. The second-order valence-electron chi connectivity index (χ2n) is 5.52. The molecule has 0 bridgehead atoms. The van der Waals surface area contributed by atoms with Gasteiger partial charge in [0.15, 0.2) is 0 Å². The maximum atomic E-state index is 5.48. The first kappa shape index (κ1) is 18.1. The van der Waals surface area contributed by atoms with Crippen LogP contribution in [0.5, 0.6) is 0 Å². The van der Waals surface area contributed by atoms with Crippen LogP contribution in [0.3, 0.4) is 0 Å². The average molecular weight is 292 g/mol. The molecule has 0 saturated carbocycles. The van der Waals surface area contributed by atoms with Gasteiger partial charge in [-0.05, 0) is 56.6 Å². The maximum Gasteiger partial charge on any atom is 0.0205 e. The van der Waals surface area contributed by atoms with Crippen molar-refractivity contribution in [1.82, 2.24) is 10.6 Å². The van der Waals surface area contributed by atoms with Gasteiger partial charge in [0.1, 0.15) is 0 Å². The second kappa shape index (κ2) is 12.8. The van der Waals surface area contributed by atoms with Gasteiger partial charge in [0.2, 0.25) is 0 Å². The summed E-state index contributed by atoms with van der Waals surface area (Å²) in [7, 11) is 0. The van der Waals surface area contributed by atoms with Crippen molar-refractivity contribution in [3.8, 4) is 0 Å². The molecule has 0 heterocycles. The van der Waals surface area contributed by atoms with Crippen LogP contribution in [0.4, 0.5) is 0 Å². The summed E-state index contributed by atoms with van der Waals surface area (Å²) < 4.78 is 0. The summed E-state index contributed by atoms with van der Waals surface area (Å²) in [6.45, 7) is 5.54. The molecule has 6 N–H and O–H groups in total. The highest BCUT2D eigenvalue weighted by molar-refractivity contribution is 5.22. The fourth-order valence-corrected chi connectivity index (χ4v) is 2.22. The van der Waals surface area contributed by atoms with E-state index in [0.29, 0.717) is 0 Å². The Morgan fingerprint density at radius 1 is 0.619 bits per heavy atom. The van der Waals surface area contributed by atoms with Crippen LogP contribution in [0, 0.1) is 0 Å². The molecule has 4 nitrogen and oxygen atoms in total. The lowest BCUT2D eigenvalue weighted by atomic mass is 10.1. The minimum Gasteiger partial charge on any atom is -0.330 e. The van der Waals surface area contributed by atoms with Gasteiger partial charge in [-0.25, -0.2) is 0 Å². The van der Waals surface area contributed by atoms with Gasteiger partial charge < -0.3 is 22.1 Å². The number of nitrogens with two attached hydrogens (primary N) is 2. The van der Waals surface area contributed by atoms with Crippen LogP contribution in [0.15, 0.2) is 24.3 Å². The van der Waals surface area contributed by atoms with Crippen molar-refractivity contribution in [2.24, 2.45) is 11.5 Å². The quantitative estimate of drug-likeness (QED) is 0.418. The first-order valence-corrected chi connectivity index (χ1v) is 8.26.